The number of hydroxylamine groups is 1. The standard InChI is InChI=1S/C11H15NO2/c1-2-14-12-8-10(13)7-9-5-3-4-6-11(9)12/h3-6,10,13H,2,7-8H2,1H3. The van der Waals surface area contributed by atoms with Crippen molar-refractivity contribution < 1.29 is 9.94 Å². The van der Waals surface area contributed by atoms with Gasteiger partial charge in [0.2, 0.25) is 0 Å². The average molecular weight is 193 g/mol. The second kappa shape index (κ2) is 3.98. The minimum atomic E-state index is -0.323. The van der Waals surface area contributed by atoms with E-state index in [1.807, 2.05) is 31.2 Å². The third-order valence-electron chi connectivity index (χ3n) is 2.38. The molecule has 1 atom stereocenters. The number of nitrogens with zero attached hydrogens (tertiary/aromatic N) is 1. The summed E-state index contributed by atoms with van der Waals surface area (Å²) in [7, 11) is 0. The number of benzene rings is 1. The van der Waals surface area contributed by atoms with Crippen LogP contribution in [-0.4, -0.2) is 24.4 Å². The van der Waals surface area contributed by atoms with E-state index in [-0.39, 0.29) is 6.10 Å². The van der Waals surface area contributed by atoms with Gasteiger partial charge in [0.25, 0.3) is 0 Å². The first-order chi connectivity index (χ1) is 6.81. The van der Waals surface area contributed by atoms with Crippen LogP contribution in [0.5, 0.6) is 0 Å². The number of hydrogen-bond donors (Lipinski definition) is 1. The van der Waals surface area contributed by atoms with Gasteiger partial charge in [-0.1, -0.05) is 18.2 Å². The maximum atomic E-state index is 9.63. The Labute approximate surface area is 83.9 Å². The van der Waals surface area contributed by atoms with Gasteiger partial charge in [-0.3, -0.25) is 9.90 Å². The average Bonchev–Trinajstić information content (AvgIpc) is 2.18. The minimum Gasteiger partial charge on any atom is -0.391 e. The Bertz CT molecular complexity index is 314. The largest absolute Gasteiger partial charge is 0.391 e. The van der Waals surface area contributed by atoms with Gasteiger partial charge in [-0.2, -0.15) is 0 Å². The molecule has 0 radical (unpaired) electrons. The summed E-state index contributed by atoms with van der Waals surface area (Å²) in [5.41, 5.74) is 2.24. The van der Waals surface area contributed by atoms with Crippen LogP contribution in [0.3, 0.4) is 0 Å². The van der Waals surface area contributed by atoms with Crippen LogP contribution in [0, 0.1) is 0 Å². The summed E-state index contributed by atoms with van der Waals surface area (Å²) in [5.74, 6) is 0. The molecule has 76 valence electrons. The third-order valence-corrected chi connectivity index (χ3v) is 2.38. The molecule has 0 saturated carbocycles. The molecule has 1 unspecified atom stereocenters. The number of β-amino-alcohol motifs (C(OH)–C–C–N with tert-alkyl or cyclic N) is 1. The third kappa shape index (κ3) is 1.74. The number of rotatable bonds is 2. The van der Waals surface area contributed by atoms with Gasteiger partial charge in [0.05, 0.1) is 24.9 Å². The van der Waals surface area contributed by atoms with E-state index >= 15 is 0 Å². The van der Waals surface area contributed by atoms with Gasteiger partial charge < -0.3 is 5.11 Å². The fraction of sp³-hybridized carbons (Fsp3) is 0.455. The molecule has 0 saturated heterocycles. The monoisotopic (exact) mass is 193 g/mol. The molecular formula is C11H15NO2. The van der Waals surface area contributed by atoms with Crippen LogP contribution in [0.15, 0.2) is 24.3 Å². The van der Waals surface area contributed by atoms with E-state index in [0.29, 0.717) is 13.2 Å². The van der Waals surface area contributed by atoms with Gasteiger partial charge in [-0.05, 0) is 18.6 Å². The molecule has 0 amide bonds. The van der Waals surface area contributed by atoms with E-state index in [0.717, 1.165) is 17.7 Å². The van der Waals surface area contributed by atoms with Crippen molar-refractivity contribution in [2.24, 2.45) is 0 Å². The Morgan fingerprint density at radius 3 is 3.07 bits per heavy atom. The lowest BCUT2D eigenvalue weighted by atomic mass is 10.0. The van der Waals surface area contributed by atoms with Crippen molar-refractivity contribution in [3.8, 4) is 0 Å². The number of para-hydroxylation sites is 1. The second-order valence-electron chi connectivity index (χ2n) is 3.47. The number of hydrogen-bond acceptors (Lipinski definition) is 3. The molecule has 3 nitrogen and oxygen atoms in total. The predicted octanol–water partition coefficient (Wildman–Crippen LogP) is 1.36. The molecule has 1 heterocycles. The highest BCUT2D eigenvalue weighted by Gasteiger charge is 2.22. The van der Waals surface area contributed by atoms with E-state index in [4.69, 9.17) is 4.84 Å². The summed E-state index contributed by atoms with van der Waals surface area (Å²) >= 11 is 0. The molecule has 1 aliphatic rings. The molecule has 1 aromatic rings. The maximum Gasteiger partial charge on any atom is 0.0781 e. The zero-order valence-electron chi connectivity index (χ0n) is 8.31. The molecule has 1 N–H and O–H groups in total. The van der Waals surface area contributed by atoms with E-state index in [2.05, 4.69) is 0 Å². The van der Waals surface area contributed by atoms with Crippen molar-refractivity contribution >= 4 is 5.69 Å². The summed E-state index contributed by atoms with van der Waals surface area (Å²) in [5, 5.41) is 11.4. The molecule has 1 aliphatic heterocycles. The fourth-order valence-electron chi connectivity index (χ4n) is 1.81. The first-order valence-electron chi connectivity index (χ1n) is 4.97. The van der Waals surface area contributed by atoms with Crippen LogP contribution in [0.25, 0.3) is 0 Å². The summed E-state index contributed by atoms with van der Waals surface area (Å²) in [4.78, 5) is 5.45. The van der Waals surface area contributed by atoms with Crippen molar-refractivity contribution in [2.45, 2.75) is 19.4 Å². The fourth-order valence-corrected chi connectivity index (χ4v) is 1.81. The lowest BCUT2D eigenvalue weighted by Gasteiger charge is -2.32. The molecule has 0 aromatic heterocycles. The van der Waals surface area contributed by atoms with Crippen molar-refractivity contribution in [3.05, 3.63) is 29.8 Å². The highest BCUT2D eigenvalue weighted by molar-refractivity contribution is 5.53. The summed E-state index contributed by atoms with van der Waals surface area (Å²) in [6.45, 7) is 3.13. The SMILES string of the molecule is CCON1CC(O)Cc2ccccc21. The predicted molar refractivity (Wildman–Crippen MR) is 55.1 cm³/mol. The Morgan fingerprint density at radius 1 is 1.50 bits per heavy atom. The van der Waals surface area contributed by atoms with Crippen molar-refractivity contribution in [1.82, 2.24) is 0 Å². The normalized spacial score (nSPS) is 20.7. The number of anilines is 1. The zero-order valence-corrected chi connectivity index (χ0v) is 8.31. The van der Waals surface area contributed by atoms with Crippen LogP contribution < -0.4 is 5.06 Å². The summed E-state index contributed by atoms with van der Waals surface area (Å²) in [6.07, 6.45) is 0.399. The van der Waals surface area contributed by atoms with Gasteiger partial charge in [-0.25, -0.2) is 0 Å². The minimum absolute atomic E-state index is 0.323. The molecule has 1 aromatic carbocycles. The number of aliphatic hydroxyl groups is 1. The van der Waals surface area contributed by atoms with Crippen molar-refractivity contribution in [1.29, 1.82) is 0 Å². The molecule has 0 spiro atoms. The lowest BCUT2D eigenvalue weighted by Crippen LogP contribution is -2.38. The van der Waals surface area contributed by atoms with Crippen molar-refractivity contribution in [3.63, 3.8) is 0 Å². The number of aliphatic hydroxyl groups excluding tert-OH is 1. The van der Waals surface area contributed by atoms with Gasteiger partial charge >= 0.3 is 0 Å². The van der Waals surface area contributed by atoms with Crippen LogP contribution in [0.4, 0.5) is 5.69 Å². The smallest absolute Gasteiger partial charge is 0.0781 e. The van der Waals surface area contributed by atoms with Crippen LogP contribution in [0.1, 0.15) is 12.5 Å². The lowest BCUT2D eigenvalue weighted by molar-refractivity contribution is 0.0727. The van der Waals surface area contributed by atoms with E-state index in [9.17, 15) is 5.11 Å². The van der Waals surface area contributed by atoms with Gasteiger partial charge in [0.15, 0.2) is 0 Å². The summed E-state index contributed by atoms with van der Waals surface area (Å²) < 4.78 is 0. The molecule has 0 bridgehead atoms. The summed E-state index contributed by atoms with van der Waals surface area (Å²) in [6, 6.07) is 8.03. The first-order valence-corrected chi connectivity index (χ1v) is 4.97. The van der Waals surface area contributed by atoms with E-state index in [1.54, 1.807) is 5.06 Å². The Morgan fingerprint density at radius 2 is 2.29 bits per heavy atom. The zero-order chi connectivity index (χ0) is 9.97. The van der Waals surface area contributed by atoms with Crippen LogP contribution in [-0.2, 0) is 11.3 Å². The Hall–Kier alpha value is -1.06. The molecule has 0 fully saturated rings. The van der Waals surface area contributed by atoms with E-state index in [1.165, 1.54) is 0 Å². The Kier molecular flexibility index (Phi) is 2.70. The van der Waals surface area contributed by atoms with E-state index < -0.39 is 0 Å². The molecule has 3 heteroatoms. The number of fused-ring (bicyclic) bond motifs is 1. The van der Waals surface area contributed by atoms with Crippen molar-refractivity contribution in [2.75, 3.05) is 18.2 Å². The molecular weight excluding hydrogens is 178 g/mol. The van der Waals surface area contributed by atoms with Crippen LogP contribution >= 0.6 is 0 Å². The highest BCUT2D eigenvalue weighted by Crippen LogP contribution is 2.26. The van der Waals surface area contributed by atoms with Gasteiger partial charge in [-0.15, -0.1) is 0 Å². The maximum absolute atomic E-state index is 9.63. The molecule has 2 rings (SSSR count). The first kappa shape index (κ1) is 9.49. The molecule has 0 aliphatic carbocycles. The van der Waals surface area contributed by atoms with Crippen LogP contribution in [0.2, 0.25) is 0 Å². The molecule has 14 heavy (non-hydrogen) atoms. The second-order valence-corrected chi connectivity index (χ2v) is 3.47. The topological polar surface area (TPSA) is 32.7 Å². The highest BCUT2D eigenvalue weighted by atomic mass is 16.7. The van der Waals surface area contributed by atoms with Gasteiger partial charge in [0, 0.05) is 6.42 Å². The quantitative estimate of drug-likeness (QED) is 0.769. The Balaban J connectivity index is 2.28. The van der Waals surface area contributed by atoms with Gasteiger partial charge in [0.1, 0.15) is 0 Å².